The Morgan fingerprint density at radius 3 is 2.56 bits per heavy atom. The fourth-order valence-corrected chi connectivity index (χ4v) is 1.94. The Morgan fingerprint density at radius 2 is 2.06 bits per heavy atom. The maximum atomic E-state index is 11.0. The monoisotopic (exact) mass is 272 g/mol. The van der Waals surface area contributed by atoms with Crippen LogP contribution in [0.15, 0.2) is 18.2 Å². The molecule has 0 atom stereocenters. The lowest BCUT2D eigenvalue weighted by molar-refractivity contribution is -0.384. The molecule has 0 fully saturated rings. The quantitative estimate of drug-likeness (QED) is 0.627. The second-order valence-electron chi connectivity index (χ2n) is 4.02. The number of benzene rings is 1. The van der Waals surface area contributed by atoms with Crippen LogP contribution >= 0.6 is 0 Å². The van der Waals surface area contributed by atoms with Gasteiger partial charge in [-0.05, 0) is 18.1 Å². The van der Waals surface area contributed by atoms with Crippen molar-refractivity contribution in [2.24, 2.45) is 0 Å². The normalized spacial score (nSPS) is 11.2. The molecule has 18 heavy (non-hydrogen) atoms. The van der Waals surface area contributed by atoms with Crippen LogP contribution in [0.2, 0.25) is 0 Å². The number of hydrogen-bond acceptors (Lipinski definition) is 5. The minimum Gasteiger partial charge on any atom is -0.378 e. The van der Waals surface area contributed by atoms with Crippen LogP contribution in [0.1, 0.15) is 12.5 Å². The molecule has 7 heteroatoms. The van der Waals surface area contributed by atoms with Gasteiger partial charge in [-0.15, -0.1) is 0 Å². The van der Waals surface area contributed by atoms with Crippen molar-refractivity contribution in [1.82, 2.24) is 0 Å². The molecule has 1 N–H and O–H groups in total. The van der Waals surface area contributed by atoms with E-state index in [1.165, 1.54) is 6.07 Å². The molecule has 0 aliphatic carbocycles. The molecule has 0 bridgehead atoms. The maximum Gasteiger partial charge on any atom is 0.292 e. The third-order valence-electron chi connectivity index (χ3n) is 2.46. The van der Waals surface area contributed by atoms with Gasteiger partial charge in [0.15, 0.2) is 0 Å². The van der Waals surface area contributed by atoms with Crippen LogP contribution in [0.5, 0.6) is 0 Å². The Labute approximate surface area is 106 Å². The van der Waals surface area contributed by atoms with Crippen LogP contribution < -0.4 is 5.32 Å². The summed E-state index contributed by atoms with van der Waals surface area (Å²) in [7, 11) is -3.07. The summed E-state index contributed by atoms with van der Waals surface area (Å²) in [6.45, 7) is 2.07. The number of rotatable bonds is 6. The molecule has 0 saturated heterocycles. The highest BCUT2D eigenvalue weighted by atomic mass is 32.2. The van der Waals surface area contributed by atoms with E-state index in [4.69, 9.17) is 0 Å². The van der Waals surface area contributed by atoms with E-state index >= 15 is 0 Å². The molecule has 100 valence electrons. The summed E-state index contributed by atoms with van der Waals surface area (Å²) in [5.41, 5.74) is 1.19. The first-order valence-electron chi connectivity index (χ1n) is 5.52. The largest absolute Gasteiger partial charge is 0.378 e. The summed E-state index contributed by atoms with van der Waals surface area (Å²) in [6.07, 6.45) is 1.84. The Balaban J connectivity index is 2.85. The van der Waals surface area contributed by atoms with Crippen LogP contribution in [0.4, 0.5) is 11.4 Å². The minimum absolute atomic E-state index is 0.0251. The van der Waals surface area contributed by atoms with Crippen molar-refractivity contribution >= 4 is 21.2 Å². The van der Waals surface area contributed by atoms with Crippen molar-refractivity contribution in [3.05, 3.63) is 33.9 Å². The molecule has 0 aliphatic heterocycles. The molecule has 0 radical (unpaired) electrons. The first-order valence-corrected chi connectivity index (χ1v) is 7.58. The lowest BCUT2D eigenvalue weighted by Gasteiger charge is -2.07. The lowest BCUT2D eigenvalue weighted by atomic mass is 10.1. The van der Waals surface area contributed by atoms with Gasteiger partial charge in [-0.1, -0.05) is 13.0 Å². The van der Waals surface area contributed by atoms with Crippen molar-refractivity contribution in [2.75, 3.05) is 23.9 Å². The summed E-state index contributed by atoms with van der Waals surface area (Å²) in [5.74, 6) is -0.0559. The van der Waals surface area contributed by atoms with Crippen molar-refractivity contribution in [1.29, 1.82) is 0 Å². The number of anilines is 1. The smallest absolute Gasteiger partial charge is 0.292 e. The molecular weight excluding hydrogens is 256 g/mol. The standard InChI is InChI=1S/C11H16N2O4S/c1-3-9-4-5-10(11(8-9)13(14)15)12-6-7-18(2,16)17/h4-5,8,12H,3,6-7H2,1-2H3. The van der Waals surface area contributed by atoms with Crippen LogP contribution in [-0.2, 0) is 16.3 Å². The number of nitrogens with one attached hydrogen (secondary N) is 1. The molecule has 1 aromatic rings. The van der Waals surface area contributed by atoms with Gasteiger partial charge in [0, 0.05) is 18.9 Å². The van der Waals surface area contributed by atoms with E-state index in [1.54, 1.807) is 12.1 Å². The van der Waals surface area contributed by atoms with Gasteiger partial charge in [-0.25, -0.2) is 8.42 Å². The van der Waals surface area contributed by atoms with Gasteiger partial charge in [-0.3, -0.25) is 10.1 Å². The van der Waals surface area contributed by atoms with E-state index < -0.39 is 14.8 Å². The predicted molar refractivity (Wildman–Crippen MR) is 70.7 cm³/mol. The number of aryl methyl sites for hydroxylation is 1. The molecular formula is C11H16N2O4S. The van der Waals surface area contributed by atoms with Gasteiger partial charge in [-0.2, -0.15) is 0 Å². The van der Waals surface area contributed by atoms with E-state index in [-0.39, 0.29) is 18.0 Å². The van der Waals surface area contributed by atoms with Crippen molar-refractivity contribution in [2.45, 2.75) is 13.3 Å². The number of sulfone groups is 1. The average molecular weight is 272 g/mol. The van der Waals surface area contributed by atoms with Crippen LogP contribution in [0, 0.1) is 10.1 Å². The number of hydrogen-bond donors (Lipinski definition) is 1. The van der Waals surface area contributed by atoms with Gasteiger partial charge in [0.05, 0.1) is 10.7 Å². The minimum atomic E-state index is -3.07. The summed E-state index contributed by atoms with van der Waals surface area (Å²) in [5, 5.41) is 13.7. The van der Waals surface area contributed by atoms with Crippen molar-refractivity contribution < 1.29 is 13.3 Å². The molecule has 0 aliphatic rings. The van der Waals surface area contributed by atoms with Gasteiger partial charge in [0.1, 0.15) is 15.5 Å². The molecule has 0 aromatic heterocycles. The van der Waals surface area contributed by atoms with Crippen LogP contribution in [0.25, 0.3) is 0 Å². The summed E-state index contributed by atoms with van der Waals surface area (Å²) in [6, 6.07) is 4.90. The zero-order valence-corrected chi connectivity index (χ0v) is 11.2. The summed E-state index contributed by atoms with van der Waals surface area (Å²) < 4.78 is 21.9. The highest BCUT2D eigenvalue weighted by Crippen LogP contribution is 2.25. The number of nitro groups is 1. The molecule has 1 rings (SSSR count). The number of nitro benzene ring substituents is 1. The fraction of sp³-hybridized carbons (Fsp3) is 0.455. The van der Waals surface area contributed by atoms with E-state index in [9.17, 15) is 18.5 Å². The van der Waals surface area contributed by atoms with Crippen LogP contribution in [0.3, 0.4) is 0 Å². The Hall–Kier alpha value is -1.63. The molecule has 0 saturated carbocycles. The maximum absolute atomic E-state index is 11.0. The third-order valence-corrected chi connectivity index (χ3v) is 3.40. The first-order chi connectivity index (χ1) is 8.33. The van der Waals surface area contributed by atoms with E-state index in [1.807, 2.05) is 6.92 Å². The van der Waals surface area contributed by atoms with E-state index in [0.29, 0.717) is 12.1 Å². The van der Waals surface area contributed by atoms with Gasteiger partial charge >= 0.3 is 0 Å². The topological polar surface area (TPSA) is 89.3 Å². The van der Waals surface area contributed by atoms with Gasteiger partial charge in [0.25, 0.3) is 5.69 Å². The zero-order chi connectivity index (χ0) is 13.8. The average Bonchev–Trinajstić information content (AvgIpc) is 2.27. The molecule has 0 unspecified atom stereocenters. The lowest BCUT2D eigenvalue weighted by Crippen LogP contribution is -2.14. The van der Waals surface area contributed by atoms with E-state index in [2.05, 4.69) is 5.32 Å². The zero-order valence-electron chi connectivity index (χ0n) is 10.3. The Morgan fingerprint density at radius 1 is 1.39 bits per heavy atom. The van der Waals surface area contributed by atoms with Gasteiger partial charge in [0.2, 0.25) is 0 Å². The second kappa shape index (κ2) is 5.81. The fourth-order valence-electron chi connectivity index (χ4n) is 1.47. The Kier molecular flexibility index (Phi) is 4.66. The third kappa shape index (κ3) is 4.33. The summed E-state index contributed by atoms with van der Waals surface area (Å²) >= 11 is 0. The molecule has 6 nitrogen and oxygen atoms in total. The second-order valence-corrected chi connectivity index (χ2v) is 6.28. The van der Waals surface area contributed by atoms with Crippen molar-refractivity contribution in [3.63, 3.8) is 0 Å². The summed E-state index contributed by atoms with van der Waals surface area (Å²) in [4.78, 5) is 10.4. The predicted octanol–water partition coefficient (Wildman–Crippen LogP) is 1.61. The highest BCUT2D eigenvalue weighted by molar-refractivity contribution is 7.90. The van der Waals surface area contributed by atoms with Gasteiger partial charge < -0.3 is 5.32 Å². The SMILES string of the molecule is CCc1ccc(NCCS(C)(=O)=O)c([N+](=O)[O-])c1. The highest BCUT2D eigenvalue weighted by Gasteiger charge is 2.14. The first kappa shape index (κ1) is 14.4. The molecule has 1 aromatic carbocycles. The van der Waals surface area contributed by atoms with E-state index in [0.717, 1.165) is 11.8 Å². The Bertz CT molecular complexity index is 540. The molecule has 0 heterocycles. The van der Waals surface area contributed by atoms with Crippen LogP contribution in [-0.4, -0.2) is 31.9 Å². The molecule has 0 amide bonds. The molecule has 0 spiro atoms. The number of nitrogens with zero attached hydrogens (tertiary/aromatic N) is 1. The van der Waals surface area contributed by atoms with Crippen molar-refractivity contribution in [3.8, 4) is 0 Å².